The van der Waals surface area contributed by atoms with Gasteiger partial charge in [0.05, 0.1) is 0 Å². The number of phenolic OH excluding ortho intramolecular Hbond substituents is 1. The Morgan fingerprint density at radius 3 is 2.63 bits per heavy atom. The average molecular weight is 362 g/mol. The van der Waals surface area contributed by atoms with Gasteiger partial charge in [0.25, 0.3) is 0 Å². The van der Waals surface area contributed by atoms with Crippen LogP contribution in [0.3, 0.4) is 0 Å². The van der Waals surface area contributed by atoms with Crippen molar-refractivity contribution in [3.8, 4) is 17.0 Å². The summed E-state index contributed by atoms with van der Waals surface area (Å²) in [6, 6.07) is 12.4. The fourth-order valence-electron chi connectivity index (χ4n) is 4.13. The normalized spacial score (nSPS) is 18.0. The summed E-state index contributed by atoms with van der Waals surface area (Å²) in [5, 5.41) is 25.2. The predicted molar refractivity (Wildman–Crippen MR) is 110 cm³/mol. The summed E-state index contributed by atoms with van der Waals surface area (Å²) >= 11 is 0. The third kappa shape index (κ3) is 3.47. The van der Waals surface area contributed by atoms with Gasteiger partial charge in [-0.1, -0.05) is 30.3 Å². The Morgan fingerprint density at radius 2 is 1.89 bits per heavy atom. The minimum atomic E-state index is 0.251. The summed E-state index contributed by atoms with van der Waals surface area (Å²) in [6.45, 7) is 6.14. The zero-order valence-electron chi connectivity index (χ0n) is 16.2. The van der Waals surface area contributed by atoms with Gasteiger partial charge in [-0.25, -0.2) is 0 Å². The molecule has 5 heteroatoms. The highest BCUT2D eigenvalue weighted by Crippen LogP contribution is 2.37. The number of nitrogens with zero attached hydrogens (tertiary/aromatic N) is 3. The molecule has 4 rings (SSSR count). The van der Waals surface area contributed by atoms with E-state index >= 15 is 0 Å². The molecule has 1 aliphatic heterocycles. The van der Waals surface area contributed by atoms with E-state index in [9.17, 15) is 5.11 Å². The van der Waals surface area contributed by atoms with Crippen LogP contribution in [0.15, 0.2) is 36.4 Å². The summed E-state index contributed by atoms with van der Waals surface area (Å²) in [6.07, 6.45) is 2.33. The Hall–Kier alpha value is -2.66. The highest BCUT2D eigenvalue weighted by Gasteiger charge is 2.20. The number of aromatic hydroxyl groups is 1. The lowest BCUT2D eigenvalue weighted by Crippen LogP contribution is -2.40. The molecule has 2 N–H and O–H groups in total. The number of likely N-dealkylation sites (tertiary alicyclic amines) is 1. The van der Waals surface area contributed by atoms with Gasteiger partial charge < -0.3 is 15.3 Å². The number of rotatable bonds is 3. The minimum Gasteiger partial charge on any atom is -0.507 e. The number of aryl methyl sites for hydroxylation is 2. The van der Waals surface area contributed by atoms with Crippen molar-refractivity contribution < 1.29 is 5.11 Å². The summed E-state index contributed by atoms with van der Waals surface area (Å²) in [5.41, 5.74) is 3.52. The monoisotopic (exact) mass is 362 g/mol. The first-order chi connectivity index (χ1) is 13.0. The Balaban J connectivity index is 1.79. The molecule has 1 aliphatic rings. The van der Waals surface area contributed by atoms with Crippen LogP contribution in [0.2, 0.25) is 0 Å². The van der Waals surface area contributed by atoms with Crippen LogP contribution in [0.4, 0.5) is 5.82 Å². The molecule has 3 aromatic rings. The van der Waals surface area contributed by atoms with Gasteiger partial charge in [-0.15, -0.1) is 10.2 Å². The second-order valence-electron chi connectivity index (χ2n) is 7.66. The summed E-state index contributed by atoms with van der Waals surface area (Å²) < 4.78 is 0. The van der Waals surface area contributed by atoms with E-state index in [0.29, 0.717) is 6.04 Å². The topological polar surface area (TPSA) is 61.3 Å². The molecule has 0 radical (unpaired) electrons. The lowest BCUT2D eigenvalue weighted by molar-refractivity contribution is 0.261. The maximum absolute atomic E-state index is 10.6. The van der Waals surface area contributed by atoms with E-state index in [1.807, 2.05) is 26.0 Å². The number of likely N-dealkylation sites (N-methyl/N-ethyl adjacent to an activating group) is 1. The zero-order chi connectivity index (χ0) is 19.0. The number of phenols is 1. The highest BCUT2D eigenvalue weighted by molar-refractivity contribution is 6.01. The van der Waals surface area contributed by atoms with E-state index in [4.69, 9.17) is 0 Å². The van der Waals surface area contributed by atoms with Gasteiger partial charge in [0.2, 0.25) is 0 Å². The summed E-state index contributed by atoms with van der Waals surface area (Å²) in [4.78, 5) is 2.35. The maximum atomic E-state index is 10.6. The number of anilines is 1. The fourth-order valence-corrected chi connectivity index (χ4v) is 4.13. The van der Waals surface area contributed by atoms with Crippen LogP contribution in [0, 0.1) is 13.8 Å². The molecule has 0 bridgehead atoms. The molecule has 0 aliphatic carbocycles. The molecule has 0 amide bonds. The van der Waals surface area contributed by atoms with Crippen molar-refractivity contribution in [2.45, 2.75) is 32.7 Å². The first-order valence-corrected chi connectivity index (χ1v) is 9.54. The molecule has 1 unspecified atom stereocenters. The van der Waals surface area contributed by atoms with Gasteiger partial charge in [-0.3, -0.25) is 0 Å². The van der Waals surface area contributed by atoms with Crippen LogP contribution in [0.1, 0.15) is 24.0 Å². The fraction of sp³-hybridized carbons (Fsp3) is 0.364. The quantitative estimate of drug-likeness (QED) is 0.734. The number of fused-ring (bicyclic) bond motifs is 1. The van der Waals surface area contributed by atoms with Crippen LogP contribution in [-0.4, -0.2) is 46.4 Å². The summed E-state index contributed by atoms with van der Waals surface area (Å²) in [7, 11) is 2.16. The number of nitrogens with one attached hydrogen (secondary N) is 1. The molecule has 5 nitrogen and oxygen atoms in total. The van der Waals surface area contributed by atoms with Crippen molar-refractivity contribution in [2.75, 3.05) is 25.5 Å². The number of benzene rings is 2. The zero-order valence-corrected chi connectivity index (χ0v) is 16.2. The molecule has 0 spiro atoms. The molecule has 2 heterocycles. The van der Waals surface area contributed by atoms with Gasteiger partial charge in [-0.2, -0.15) is 0 Å². The Kier molecular flexibility index (Phi) is 4.70. The van der Waals surface area contributed by atoms with Gasteiger partial charge in [0, 0.05) is 28.9 Å². The van der Waals surface area contributed by atoms with Crippen LogP contribution in [0.25, 0.3) is 22.0 Å². The predicted octanol–water partition coefficient (Wildman–Crippen LogP) is 4.13. The third-order valence-electron chi connectivity index (χ3n) is 5.35. The molecule has 2 aromatic carbocycles. The van der Waals surface area contributed by atoms with E-state index in [1.54, 1.807) is 6.07 Å². The van der Waals surface area contributed by atoms with Gasteiger partial charge in [0.15, 0.2) is 5.82 Å². The molecule has 1 atom stereocenters. The second kappa shape index (κ2) is 7.16. The van der Waals surface area contributed by atoms with Crippen molar-refractivity contribution in [3.63, 3.8) is 0 Å². The Bertz CT molecular complexity index is 962. The SMILES string of the molecule is Cc1cc(C)c(-c2nnc(NC3CCCN(C)C3)c3ccccc23)c(O)c1. The lowest BCUT2D eigenvalue weighted by Gasteiger charge is -2.30. The molecule has 140 valence electrons. The average Bonchev–Trinajstić information content (AvgIpc) is 2.62. The van der Waals surface area contributed by atoms with Crippen molar-refractivity contribution in [1.29, 1.82) is 0 Å². The van der Waals surface area contributed by atoms with E-state index in [2.05, 4.69) is 45.7 Å². The van der Waals surface area contributed by atoms with E-state index in [1.165, 1.54) is 6.42 Å². The van der Waals surface area contributed by atoms with Crippen LogP contribution < -0.4 is 5.32 Å². The molecular formula is C22H26N4O. The molecule has 1 saturated heterocycles. The second-order valence-corrected chi connectivity index (χ2v) is 7.66. The smallest absolute Gasteiger partial charge is 0.156 e. The van der Waals surface area contributed by atoms with Crippen molar-refractivity contribution in [3.05, 3.63) is 47.5 Å². The molecule has 0 saturated carbocycles. The maximum Gasteiger partial charge on any atom is 0.156 e. The van der Waals surface area contributed by atoms with Gasteiger partial charge in [0.1, 0.15) is 11.4 Å². The van der Waals surface area contributed by atoms with Crippen molar-refractivity contribution >= 4 is 16.6 Å². The minimum absolute atomic E-state index is 0.251. The Morgan fingerprint density at radius 1 is 1.11 bits per heavy atom. The van der Waals surface area contributed by atoms with Crippen molar-refractivity contribution in [2.24, 2.45) is 0 Å². The Labute approximate surface area is 160 Å². The molecule has 1 aromatic heterocycles. The first kappa shape index (κ1) is 17.7. The molecule has 1 fully saturated rings. The van der Waals surface area contributed by atoms with Crippen molar-refractivity contribution in [1.82, 2.24) is 15.1 Å². The van der Waals surface area contributed by atoms with Gasteiger partial charge >= 0.3 is 0 Å². The highest BCUT2D eigenvalue weighted by atomic mass is 16.3. The largest absolute Gasteiger partial charge is 0.507 e. The number of hydrogen-bond donors (Lipinski definition) is 2. The van der Waals surface area contributed by atoms with Crippen LogP contribution in [-0.2, 0) is 0 Å². The first-order valence-electron chi connectivity index (χ1n) is 9.54. The van der Waals surface area contributed by atoms with E-state index < -0.39 is 0 Å². The lowest BCUT2D eigenvalue weighted by atomic mass is 9.97. The molecular weight excluding hydrogens is 336 g/mol. The number of aromatic nitrogens is 2. The van der Waals surface area contributed by atoms with Crippen LogP contribution >= 0.6 is 0 Å². The summed E-state index contributed by atoms with van der Waals surface area (Å²) in [5.74, 6) is 1.07. The van der Waals surface area contributed by atoms with E-state index in [0.717, 1.165) is 58.5 Å². The number of hydrogen-bond acceptors (Lipinski definition) is 5. The standard InChI is InChI=1S/C22H26N4O/c1-14-11-15(2)20(19(27)12-14)21-17-8-4-5-9-18(17)22(25-24-21)23-16-7-6-10-26(3)13-16/h4-5,8-9,11-12,16,27H,6-7,10,13H2,1-3H3,(H,23,25). The van der Waals surface area contributed by atoms with E-state index in [-0.39, 0.29) is 5.75 Å². The van der Waals surface area contributed by atoms with Crippen LogP contribution in [0.5, 0.6) is 5.75 Å². The number of piperidine rings is 1. The molecule has 27 heavy (non-hydrogen) atoms. The third-order valence-corrected chi connectivity index (χ3v) is 5.35. The van der Waals surface area contributed by atoms with Gasteiger partial charge in [-0.05, 0) is 57.5 Å².